The van der Waals surface area contributed by atoms with Crippen LogP contribution in [-0.2, 0) is 0 Å². The molecule has 1 N–H and O–H groups in total. The number of amides is 2. The van der Waals surface area contributed by atoms with Gasteiger partial charge in [-0.15, -0.1) is 4.91 Å². The maximum atomic E-state index is 10.9. The molecule has 1 heterocycles. The molecule has 0 aromatic heterocycles. The molecule has 11 heavy (non-hydrogen) atoms. The molecule has 1 aliphatic heterocycles. The molecular formula is C6H9N3O2. The Hall–Kier alpha value is -1.13. The van der Waals surface area contributed by atoms with Gasteiger partial charge in [0.25, 0.3) is 0 Å². The fourth-order valence-electron chi connectivity index (χ4n) is 1.87. The fraction of sp³-hybridized carbons (Fsp3) is 0.833. The Morgan fingerprint density at radius 2 is 2.36 bits per heavy atom. The first-order chi connectivity index (χ1) is 5.33. The first-order valence-corrected chi connectivity index (χ1v) is 3.76. The van der Waals surface area contributed by atoms with Gasteiger partial charge in [0.15, 0.2) is 0 Å². The number of nitrogens with one attached hydrogen (secondary N) is 1. The summed E-state index contributed by atoms with van der Waals surface area (Å²) >= 11 is 0. The highest BCUT2D eigenvalue weighted by Gasteiger charge is 2.43. The molecule has 1 saturated carbocycles. The zero-order valence-electron chi connectivity index (χ0n) is 5.99. The van der Waals surface area contributed by atoms with Gasteiger partial charge in [-0.2, -0.15) is 5.01 Å². The summed E-state index contributed by atoms with van der Waals surface area (Å²) in [5, 5.41) is 6.42. The van der Waals surface area contributed by atoms with Crippen molar-refractivity contribution in [2.24, 2.45) is 5.29 Å². The average Bonchev–Trinajstić information content (AvgIpc) is 2.46. The van der Waals surface area contributed by atoms with Crippen molar-refractivity contribution in [3.8, 4) is 0 Å². The lowest BCUT2D eigenvalue weighted by Crippen LogP contribution is -2.28. The monoisotopic (exact) mass is 155 g/mol. The van der Waals surface area contributed by atoms with Crippen LogP contribution in [0.3, 0.4) is 0 Å². The van der Waals surface area contributed by atoms with Crippen LogP contribution in [0.2, 0.25) is 0 Å². The molecule has 60 valence electrons. The molecule has 0 aromatic carbocycles. The van der Waals surface area contributed by atoms with Crippen LogP contribution in [0.25, 0.3) is 0 Å². The van der Waals surface area contributed by atoms with Gasteiger partial charge in [-0.25, -0.2) is 4.79 Å². The van der Waals surface area contributed by atoms with Crippen molar-refractivity contribution >= 4 is 6.03 Å². The normalized spacial score (nSPS) is 35.3. The van der Waals surface area contributed by atoms with Crippen LogP contribution in [0.1, 0.15) is 19.3 Å². The van der Waals surface area contributed by atoms with Gasteiger partial charge in [-0.1, -0.05) is 0 Å². The van der Waals surface area contributed by atoms with E-state index in [4.69, 9.17) is 0 Å². The van der Waals surface area contributed by atoms with E-state index in [-0.39, 0.29) is 18.1 Å². The minimum absolute atomic E-state index is 0.0278. The van der Waals surface area contributed by atoms with Crippen molar-refractivity contribution in [2.75, 3.05) is 0 Å². The highest BCUT2D eigenvalue weighted by molar-refractivity contribution is 5.77. The molecule has 2 rings (SSSR count). The first-order valence-electron chi connectivity index (χ1n) is 3.76. The third-order valence-corrected chi connectivity index (χ3v) is 2.40. The molecule has 2 unspecified atom stereocenters. The summed E-state index contributed by atoms with van der Waals surface area (Å²) in [7, 11) is 0. The van der Waals surface area contributed by atoms with Crippen LogP contribution in [0.4, 0.5) is 4.79 Å². The second kappa shape index (κ2) is 2.18. The quantitative estimate of drug-likeness (QED) is 0.564. The molecule has 0 spiro atoms. The molecule has 0 aromatic rings. The number of rotatable bonds is 1. The van der Waals surface area contributed by atoms with Crippen LogP contribution in [-0.4, -0.2) is 23.1 Å². The fourth-order valence-corrected chi connectivity index (χ4v) is 1.87. The van der Waals surface area contributed by atoms with E-state index in [2.05, 4.69) is 10.6 Å². The predicted octanol–water partition coefficient (Wildman–Crippen LogP) is 0.614. The van der Waals surface area contributed by atoms with Gasteiger partial charge in [0, 0.05) is 0 Å². The minimum Gasteiger partial charge on any atom is -0.332 e. The van der Waals surface area contributed by atoms with Crippen LogP contribution in [0, 0.1) is 4.91 Å². The molecule has 1 aliphatic carbocycles. The van der Waals surface area contributed by atoms with Gasteiger partial charge in [0.05, 0.1) is 17.4 Å². The Morgan fingerprint density at radius 1 is 1.55 bits per heavy atom. The Labute approximate surface area is 63.7 Å². The standard InChI is InChI=1S/C6H9N3O2/c10-6-7-4-2-1-3-5(4)9(6)8-11/h4-5H,1-3H2,(H,7,10). The van der Waals surface area contributed by atoms with Crippen molar-refractivity contribution < 1.29 is 4.79 Å². The van der Waals surface area contributed by atoms with E-state index < -0.39 is 0 Å². The molecule has 2 aliphatic rings. The van der Waals surface area contributed by atoms with Crippen molar-refractivity contribution in [1.82, 2.24) is 10.3 Å². The summed E-state index contributed by atoms with van der Waals surface area (Å²) < 4.78 is 0. The average molecular weight is 155 g/mol. The topological polar surface area (TPSA) is 61.8 Å². The second-order valence-corrected chi connectivity index (χ2v) is 2.98. The van der Waals surface area contributed by atoms with Crippen molar-refractivity contribution in [2.45, 2.75) is 31.3 Å². The number of hydrogen-bond donors (Lipinski definition) is 1. The highest BCUT2D eigenvalue weighted by Crippen LogP contribution is 2.28. The van der Waals surface area contributed by atoms with Gasteiger partial charge in [0.2, 0.25) is 0 Å². The van der Waals surface area contributed by atoms with Gasteiger partial charge in [0.1, 0.15) is 0 Å². The first kappa shape index (κ1) is 6.57. The zero-order valence-corrected chi connectivity index (χ0v) is 5.99. The van der Waals surface area contributed by atoms with Crippen molar-refractivity contribution in [3.05, 3.63) is 4.91 Å². The maximum absolute atomic E-state index is 10.9. The highest BCUT2D eigenvalue weighted by atomic mass is 16.3. The van der Waals surface area contributed by atoms with E-state index in [1.165, 1.54) is 0 Å². The number of fused-ring (bicyclic) bond motifs is 1. The van der Waals surface area contributed by atoms with E-state index >= 15 is 0 Å². The van der Waals surface area contributed by atoms with Crippen LogP contribution in [0.5, 0.6) is 0 Å². The summed E-state index contributed by atoms with van der Waals surface area (Å²) in [5.74, 6) is 0. The predicted molar refractivity (Wildman–Crippen MR) is 37.6 cm³/mol. The number of carbonyl (C=O) groups is 1. The summed E-state index contributed by atoms with van der Waals surface area (Å²) in [6.07, 6.45) is 2.94. The molecule has 0 bridgehead atoms. The lowest BCUT2D eigenvalue weighted by Gasteiger charge is -2.10. The van der Waals surface area contributed by atoms with Gasteiger partial charge in [-0.3, -0.25) is 0 Å². The van der Waals surface area contributed by atoms with Crippen LogP contribution < -0.4 is 5.32 Å². The Morgan fingerprint density at radius 3 is 3.09 bits per heavy atom. The third kappa shape index (κ3) is 0.800. The third-order valence-electron chi connectivity index (χ3n) is 2.40. The Kier molecular flexibility index (Phi) is 1.30. The van der Waals surface area contributed by atoms with E-state index in [0.717, 1.165) is 24.3 Å². The lowest BCUT2D eigenvalue weighted by molar-refractivity contribution is 0.204. The molecule has 5 heteroatoms. The van der Waals surface area contributed by atoms with Crippen molar-refractivity contribution in [1.29, 1.82) is 0 Å². The zero-order chi connectivity index (χ0) is 7.84. The molecule has 0 radical (unpaired) electrons. The van der Waals surface area contributed by atoms with Crippen LogP contribution >= 0.6 is 0 Å². The largest absolute Gasteiger partial charge is 0.341 e. The minimum atomic E-state index is -0.338. The van der Waals surface area contributed by atoms with E-state index in [1.807, 2.05) is 0 Å². The lowest BCUT2D eigenvalue weighted by atomic mass is 10.2. The Bertz CT molecular complexity index is 206. The summed E-state index contributed by atoms with van der Waals surface area (Å²) in [6, 6.07) is -0.144. The maximum Gasteiger partial charge on any atom is 0.341 e. The summed E-state index contributed by atoms with van der Waals surface area (Å²) in [4.78, 5) is 21.1. The summed E-state index contributed by atoms with van der Waals surface area (Å²) in [6.45, 7) is 0. The smallest absolute Gasteiger partial charge is 0.332 e. The number of hydrogen-bond acceptors (Lipinski definition) is 3. The van der Waals surface area contributed by atoms with Crippen LogP contribution in [0.15, 0.2) is 5.29 Å². The number of urea groups is 1. The van der Waals surface area contributed by atoms with Gasteiger partial charge in [-0.05, 0) is 19.3 Å². The molecule has 2 atom stereocenters. The van der Waals surface area contributed by atoms with Gasteiger partial charge < -0.3 is 5.32 Å². The second-order valence-electron chi connectivity index (χ2n) is 2.98. The molecule has 2 amide bonds. The van der Waals surface area contributed by atoms with E-state index in [1.54, 1.807) is 0 Å². The SMILES string of the molecule is O=NN1C(=O)NC2CCCC21. The molecule has 5 nitrogen and oxygen atoms in total. The number of carbonyl (C=O) groups excluding carboxylic acids is 1. The van der Waals surface area contributed by atoms with E-state index in [0.29, 0.717) is 0 Å². The Balaban J connectivity index is 2.19. The number of nitroso groups, excluding NO2 is 1. The molecule has 1 saturated heterocycles. The van der Waals surface area contributed by atoms with E-state index in [9.17, 15) is 9.70 Å². The molecule has 2 fully saturated rings. The number of nitrogens with zero attached hydrogens (tertiary/aromatic N) is 2. The molecular weight excluding hydrogens is 146 g/mol. The summed E-state index contributed by atoms with van der Waals surface area (Å²) in [5.41, 5.74) is 0. The van der Waals surface area contributed by atoms with Gasteiger partial charge >= 0.3 is 6.03 Å². The van der Waals surface area contributed by atoms with Crippen molar-refractivity contribution in [3.63, 3.8) is 0 Å².